The minimum absolute atomic E-state index is 0.0183. The molecule has 0 unspecified atom stereocenters. The van der Waals surface area contributed by atoms with Gasteiger partial charge in [-0.25, -0.2) is 0 Å². The third kappa shape index (κ3) is 6.39. The molecule has 0 saturated heterocycles. The average molecular weight is 454 g/mol. The first-order valence-corrected chi connectivity index (χ1v) is 10.4. The minimum Gasteiger partial charge on any atom is -0.339 e. The summed E-state index contributed by atoms with van der Waals surface area (Å²) in [5, 5.41) is 4.06. The van der Waals surface area contributed by atoms with E-state index in [0.717, 1.165) is 15.6 Å². The summed E-state index contributed by atoms with van der Waals surface area (Å²) in [6.07, 6.45) is 3.98. The predicted molar refractivity (Wildman–Crippen MR) is 118 cm³/mol. The number of carbonyl (C=O) groups is 1. The van der Waals surface area contributed by atoms with Gasteiger partial charge >= 0.3 is 0 Å². The number of hydrogen-bond donors (Lipinski definition) is 0. The molecule has 5 nitrogen and oxygen atoms in total. The van der Waals surface area contributed by atoms with Crippen LogP contribution in [0.1, 0.15) is 25.3 Å². The highest BCUT2D eigenvalue weighted by Gasteiger charge is 2.15. The van der Waals surface area contributed by atoms with Crippen molar-refractivity contribution in [2.75, 3.05) is 13.1 Å². The highest BCUT2D eigenvalue weighted by atomic mass is 79.9. The lowest BCUT2D eigenvalue weighted by Crippen LogP contribution is -2.34. The van der Waals surface area contributed by atoms with Crippen LogP contribution in [0.4, 0.5) is 0 Å². The molecule has 0 aliphatic rings. The summed E-state index contributed by atoms with van der Waals surface area (Å²) in [4.78, 5) is 19.0. The van der Waals surface area contributed by atoms with E-state index in [1.54, 1.807) is 6.08 Å². The van der Waals surface area contributed by atoms with Crippen LogP contribution in [-0.4, -0.2) is 34.0 Å². The number of halogens is 1. The molecule has 0 atom stereocenters. The molecule has 1 amide bonds. The fraction of sp³-hybridized carbons (Fsp3) is 0.261. The maximum atomic E-state index is 12.7. The van der Waals surface area contributed by atoms with Gasteiger partial charge in [-0.2, -0.15) is 4.98 Å². The average Bonchev–Trinajstić information content (AvgIpc) is 3.19. The number of benzene rings is 2. The number of nitrogens with zero attached hydrogens (tertiary/aromatic N) is 3. The van der Waals surface area contributed by atoms with Crippen LogP contribution >= 0.6 is 15.9 Å². The van der Waals surface area contributed by atoms with Gasteiger partial charge in [0, 0.05) is 35.6 Å². The Morgan fingerprint density at radius 3 is 2.55 bits per heavy atom. The largest absolute Gasteiger partial charge is 0.339 e. The van der Waals surface area contributed by atoms with Gasteiger partial charge in [-0.05, 0) is 41.8 Å². The van der Waals surface area contributed by atoms with Gasteiger partial charge in [-0.1, -0.05) is 65.3 Å². The van der Waals surface area contributed by atoms with Crippen LogP contribution in [0.25, 0.3) is 17.5 Å². The lowest BCUT2D eigenvalue weighted by molar-refractivity contribution is -0.126. The Hall–Kier alpha value is -2.73. The Labute approximate surface area is 179 Å². The Balaban J connectivity index is 1.64. The molecule has 0 saturated carbocycles. The zero-order chi connectivity index (χ0) is 20.6. The molecule has 150 valence electrons. The zero-order valence-electron chi connectivity index (χ0n) is 16.6. The van der Waals surface area contributed by atoms with Gasteiger partial charge in [-0.3, -0.25) is 4.79 Å². The smallest absolute Gasteiger partial charge is 0.246 e. The van der Waals surface area contributed by atoms with E-state index in [-0.39, 0.29) is 5.91 Å². The van der Waals surface area contributed by atoms with Crippen molar-refractivity contribution in [3.8, 4) is 11.4 Å². The van der Waals surface area contributed by atoms with E-state index in [4.69, 9.17) is 4.52 Å². The Morgan fingerprint density at radius 1 is 1.14 bits per heavy atom. The number of aromatic nitrogens is 2. The third-order valence-corrected chi connectivity index (χ3v) is 4.81. The van der Waals surface area contributed by atoms with Crippen LogP contribution in [0.5, 0.6) is 0 Å². The monoisotopic (exact) mass is 453 g/mol. The van der Waals surface area contributed by atoms with Crippen LogP contribution in [0, 0.1) is 5.92 Å². The van der Waals surface area contributed by atoms with Crippen molar-refractivity contribution in [2.45, 2.75) is 20.3 Å². The number of carbonyl (C=O) groups excluding carboxylic acids is 1. The summed E-state index contributed by atoms with van der Waals surface area (Å²) in [7, 11) is 0. The molecule has 0 radical (unpaired) electrons. The van der Waals surface area contributed by atoms with Gasteiger partial charge in [0.05, 0.1) is 0 Å². The molecule has 1 aromatic heterocycles. The maximum absolute atomic E-state index is 12.7. The molecule has 0 N–H and O–H groups in total. The maximum Gasteiger partial charge on any atom is 0.246 e. The number of hydrogen-bond acceptors (Lipinski definition) is 4. The highest BCUT2D eigenvalue weighted by Crippen LogP contribution is 2.19. The van der Waals surface area contributed by atoms with E-state index in [2.05, 4.69) is 39.9 Å². The van der Waals surface area contributed by atoms with Crippen molar-refractivity contribution in [2.24, 2.45) is 5.92 Å². The van der Waals surface area contributed by atoms with Gasteiger partial charge < -0.3 is 9.42 Å². The van der Waals surface area contributed by atoms with E-state index in [9.17, 15) is 4.79 Å². The standard InChI is InChI=1S/C23H24BrN3O2/c1-17(2)16-27(22(28)13-8-18-6-4-3-5-7-18)15-14-21-25-23(26-29-21)19-9-11-20(24)12-10-19/h3-13,17H,14-16H2,1-2H3/b13-8+. The summed E-state index contributed by atoms with van der Waals surface area (Å²) in [6.45, 7) is 5.39. The second-order valence-electron chi connectivity index (χ2n) is 7.19. The van der Waals surface area contributed by atoms with Crippen molar-refractivity contribution >= 4 is 27.9 Å². The molecule has 29 heavy (non-hydrogen) atoms. The minimum atomic E-state index is -0.0183. The summed E-state index contributed by atoms with van der Waals surface area (Å²) >= 11 is 3.42. The molecule has 0 fully saturated rings. The summed E-state index contributed by atoms with van der Waals surface area (Å²) < 4.78 is 6.38. The van der Waals surface area contributed by atoms with E-state index in [0.29, 0.717) is 37.1 Å². The Bertz CT molecular complexity index is 950. The molecule has 2 aromatic carbocycles. The van der Waals surface area contributed by atoms with Gasteiger partial charge in [0.15, 0.2) is 0 Å². The first-order chi connectivity index (χ1) is 14.0. The van der Waals surface area contributed by atoms with Crippen LogP contribution in [-0.2, 0) is 11.2 Å². The summed E-state index contributed by atoms with van der Waals surface area (Å²) in [5.41, 5.74) is 1.89. The van der Waals surface area contributed by atoms with Gasteiger partial charge in [0.25, 0.3) is 0 Å². The normalized spacial score (nSPS) is 11.3. The van der Waals surface area contributed by atoms with E-state index in [1.165, 1.54) is 0 Å². The quantitative estimate of drug-likeness (QED) is 0.437. The van der Waals surface area contributed by atoms with Crippen molar-refractivity contribution < 1.29 is 9.32 Å². The molecule has 3 rings (SSSR count). The Kier molecular flexibility index (Phi) is 7.36. The molecular weight excluding hydrogens is 430 g/mol. The van der Waals surface area contributed by atoms with Crippen LogP contribution in [0.15, 0.2) is 69.7 Å². The molecule has 0 spiro atoms. The lowest BCUT2D eigenvalue weighted by atomic mass is 10.2. The van der Waals surface area contributed by atoms with Gasteiger partial charge in [-0.15, -0.1) is 0 Å². The molecule has 1 heterocycles. The molecule has 3 aromatic rings. The van der Waals surface area contributed by atoms with Gasteiger partial charge in [0.1, 0.15) is 0 Å². The second kappa shape index (κ2) is 10.2. The van der Waals surface area contributed by atoms with Crippen LogP contribution < -0.4 is 0 Å². The molecule has 0 bridgehead atoms. The van der Waals surface area contributed by atoms with Gasteiger partial charge in [0.2, 0.25) is 17.6 Å². The fourth-order valence-electron chi connectivity index (χ4n) is 2.87. The topological polar surface area (TPSA) is 59.2 Å². The number of rotatable bonds is 8. The summed E-state index contributed by atoms with van der Waals surface area (Å²) in [5.74, 6) is 1.43. The van der Waals surface area contributed by atoms with E-state index in [1.807, 2.05) is 65.6 Å². The van der Waals surface area contributed by atoms with Crippen LogP contribution in [0.2, 0.25) is 0 Å². The Morgan fingerprint density at radius 2 is 1.86 bits per heavy atom. The van der Waals surface area contributed by atoms with Crippen LogP contribution in [0.3, 0.4) is 0 Å². The second-order valence-corrected chi connectivity index (χ2v) is 8.11. The molecule has 0 aliphatic heterocycles. The molecular formula is C23H24BrN3O2. The molecule has 0 aliphatic carbocycles. The fourth-order valence-corrected chi connectivity index (χ4v) is 3.14. The van der Waals surface area contributed by atoms with Crippen molar-refractivity contribution in [3.05, 3.63) is 76.6 Å². The highest BCUT2D eigenvalue weighted by molar-refractivity contribution is 9.10. The third-order valence-electron chi connectivity index (χ3n) is 4.28. The molecule has 6 heteroatoms. The summed E-state index contributed by atoms with van der Waals surface area (Å²) in [6, 6.07) is 17.5. The predicted octanol–water partition coefficient (Wildman–Crippen LogP) is 5.24. The number of amides is 1. The zero-order valence-corrected chi connectivity index (χ0v) is 18.2. The van der Waals surface area contributed by atoms with Crippen molar-refractivity contribution in [1.82, 2.24) is 15.0 Å². The van der Waals surface area contributed by atoms with E-state index >= 15 is 0 Å². The lowest BCUT2D eigenvalue weighted by Gasteiger charge is -2.22. The SMILES string of the molecule is CC(C)CN(CCc1nc(-c2ccc(Br)cc2)no1)C(=O)/C=C/c1ccccc1. The van der Waals surface area contributed by atoms with E-state index < -0.39 is 0 Å². The first kappa shape index (κ1) is 21.0. The first-order valence-electron chi connectivity index (χ1n) is 9.62. The van der Waals surface area contributed by atoms with Crippen molar-refractivity contribution in [1.29, 1.82) is 0 Å². The van der Waals surface area contributed by atoms with Crippen molar-refractivity contribution in [3.63, 3.8) is 0 Å².